The zero-order chi connectivity index (χ0) is 50.0. The van der Waals surface area contributed by atoms with Gasteiger partial charge in [-0.3, -0.25) is 14.4 Å². The Balaban J connectivity index is 4.63. The molecule has 0 aliphatic heterocycles. The van der Waals surface area contributed by atoms with E-state index in [9.17, 15) is 14.4 Å². The molecular formula is C63H98O6. The second-order valence-corrected chi connectivity index (χ2v) is 17.4. The summed E-state index contributed by atoms with van der Waals surface area (Å²) in [5, 5.41) is 0. The summed E-state index contributed by atoms with van der Waals surface area (Å²) in [5.74, 6) is -1.07. The zero-order valence-corrected chi connectivity index (χ0v) is 44.0. The van der Waals surface area contributed by atoms with Gasteiger partial charge in [0.1, 0.15) is 13.2 Å². The van der Waals surface area contributed by atoms with Crippen LogP contribution < -0.4 is 0 Å². The van der Waals surface area contributed by atoms with Gasteiger partial charge in [0.2, 0.25) is 0 Å². The Morgan fingerprint density at radius 2 is 0.580 bits per heavy atom. The summed E-state index contributed by atoms with van der Waals surface area (Å²) >= 11 is 0. The van der Waals surface area contributed by atoms with E-state index in [4.69, 9.17) is 14.2 Å². The molecule has 0 aromatic rings. The molecule has 0 amide bonds. The smallest absolute Gasteiger partial charge is 0.306 e. The van der Waals surface area contributed by atoms with Crippen LogP contribution in [-0.4, -0.2) is 37.2 Å². The largest absolute Gasteiger partial charge is 0.462 e. The molecule has 0 fully saturated rings. The molecule has 0 aliphatic carbocycles. The maximum Gasteiger partial charge on any atom is 0.306 e. The fraction of sp³-hybridized carbons (Fsp3) is 0.571. The molecule has 69 heavy (non-hydrogen) atoms. The van der Waals surface area contributed by atoms with Crippen LogP contribution in [0.1, 0.15) is 213 Å². The summed E-state index contributed by atoms with van der Waals surface area (Å²) in [6, 6.07) is 0. The van der Waals surface area contributed by atoms with Crippen molar-refractivity contribution in [1.82, 2.24) is 0 Å². The first-order valence-corrected chi connectivity index (χ1v) is 27.3. The Morgan fingerprint density at radius 1 is 0.304 bits per heavy atom. The Labute approximate surface area is 423 Å². The van der Waals surface area contributed by atoms with Gasteiger partial charge in [0.25, 0.3) is 0 Å². The van der Waals surface area contributed by atoms with Gasteiger partial charge in [0.05, 0.1) is 0 Å². The van der Waals surface area contributed by atoms with E-state index in [1.54, 1.807) is 0 Å². The minimum atomic E-state index is -0.843. The van der Waals surface area contributed by atoms with E-state index < -0.39 is 12.1 Å². The molecule has 0 saturated carbocycles. The van der Waals surface area contributed by atoms with Gasteiger partial charge in [0.15, 0.2) is 6.10 Å². The molecule has 0 rings (SSSR count). The topological polar surface area (TPSA) is 78.9 Å². The second-order valence-electron chi connectivity index (χ2n) is 17.4. The molecule has 0 aromatic heterocycles. The summed E-state index contributed by atoms with van der Waals surface area (Å²) in [6.45, 7) is 6.34. The maximum absolute atomic E-state index is 12.8. The van der Waals surface area contributed by atoms with Crippen molar-refractivity contribution in [3.05, 3.63) is 146 Å². The molecule has 6 heteroatoms. The van der Waals surface area contributed by atoms with Crippen LogP contribution in [0.4, 0.5) is 0 Å². The molecule has 386 valence electrons. The van der Waals surface area contributed by atoms with Crippen molar-refractivity contribution < 1.29 is 28.6 Å². The lowest BCUT2D eigenvalue weighted by Crippen LogP contribution is -2.30. The van der Waals surface area contributed by atoms with Crippen LogP contribution in [0.5, 0.6) is 0 Å². The standard InChI is InChI=1S/C63H98O6/c1-4-7-10-13-16-19-22-25-28-30-31-33-35-38-41-44-47-50-53-56-62(65)68-59-60(58-67-61(64)55-52-49-46-43-40-37-34-27-24-21-18-15-12-9-6-3)69-63(66)57-54-51-48-45-42-39-36-32-29-26-23-20-17-14-11-8-5-2/h7,10,16-21,25-29,31,33-34,36,38-41,43,45,48,60H,4-6,8-9,11-15,22-24,30,32,35,37,42,44,46-47,49-59H2,1-3H3/b10-7-,19-16-,20-17-,21-18-,28-25-,29-26-,33-31-,34-27-,39-36-,41-38-,43-40-,48-45-/t60-/m1/s1. The third kappa shape index (κ3) is 54.1. The number of carbonyl (C=O) groups is 3. The highest BCUT2D eigenvalue weighted by molar-refractivity contribution is 5.71. The van der Waals surface area contributed by atoms with E-state index in [0.29, 0.717) is 19.3 Å². The van der Waals surface area contributed by atoms with Crippen LogP contribution in [0, 0.1) is 0 Å². The van der Waals surface area contributed by atoms with E-state index in [2.05, 4.69) is 167 Å². The minimum Gasteiger partial charge on any atom is -0.462 e. The van der Waals surface area contributed by atoms with Gasteiger partial charge in [-0.1, -0.05) is 199 Å². The van der Waals surface area contributed by atoms with Gasteiger partial charge in [-0.2, -0.15) is 0 Å². The molecule has 0 aromatic carbocycles. The monoisotopic (exact) mass is 951 g/mol. The predicted octanol–water partition coefficient (Wildman–Crippen LogP) is 18.4. The zero-order valence-electron chi connectivity index (χ0n) is 44.0. The van der Waals surface area contributed by atoms with Crippen LogP contribution in [0.3, 0.4) is 0 Å². The van der Waals surface area contributed by atoms with Gasteiger partial charge in [-0.15, -0.1) is 0 Å². The highest BCUT2D eigenvalue weighted by Crippen LogP contribution is 2.10. The second kappa shape index (κ2) is 55.9. The van der Waals surface area contributed by atoms with E-state index in [1.165, 1.54) is 51.4 Å². The van der Waals surface area contributed by atoms with Crippen molar-refractivity contribution in [1.29, 1.82) is 0 Å². The molecule has 0 spiro atoms. The van der Waals surface area contributed by atoms with Crippen LogP contribution >= 0.6 is 0 Å². The number of esters is 3. The lowest BCUT2D eigenvalue weighted by molar-refractivity contribution is -0.167. The fourth-order valence-corrected chi connectivity index (χ4v) is 6.70. The van der Waals surface area contributed by atoms with Crippen molar-refractivity contribution in [2.75, 3.05) is 13.2 Å². The summed E-state index contributed by atoms with van der Waals surface area (Å²) in [5.41, 5.74) is 0. The van der Waals surface area contributed by atoms with Gasteiger partial charge in [-0.25, -0.2) is 0 Å². The lowest BCUT2D eigenvalue weighted by Gasteiger charge is -2.18. The Bertz CT molecular complexity index is 1560. The third-order valence-corrected chi connectivity index (χ3v) is 10.8. The quantitative estimate of drug-likeness (QED) is 0.0262. The van der Waals surface area contributed by atoms with Crippen molar-refractivity contribution in [3.8, 4) is 0 Å². The number of rotatable bonds is 47. The Morgan fingerprint density at radius 3 is 0.928 bits per heavy atom. The predicted molar refractivity (Wildman–Crippen MR) is 297 cm³/mol. The van der Waals surface area contributed by atoms with Crippen LogP contribution in [0.2, 0.25) is 0 Å². The average Bonchev–Trinajstić information content (AvgIpc) is 3.35. The van der Waals surface area contributed by atoms with Crippen molar-refractivity contribution in [3.63, 3.8) is 0 Å². The molecule has 0 heterocycles. The molecule has 0 radical (unpaired) electrons. The van der Waals surface area contributed by atoms with Crippen molar-refractivity contribution in [2.45, 2.75) is 219 Å². The van der Waals surface area contributed by atoms with E-state index in [1.807, 2.05) is 0 Å². The molecule has 0 aliphatic rings. The number of hydrogen-bond donors (Lipinski definition) is 0. The summed E-state index contributed by atoms with van der Waals surface area (Å²) < 4.78 is 16.7. The van der Waals surface area contributed by atoms with Crippen LogP contribution in [-0.2, 0) is 28.6 Å². The van der Waals surface area contributed by atoms with E-state index >= 15 is 0 Å². The van der Waals surface area contributed by atoms with Crippen molar-refractivity contribution in [2.24, 2.45) is 0 Å². The normalized spacial score (nSPS) is 13.3. The third-order valence-electron chi connectivity index (χ3n) is 10.8. The van der Waals surface area contributed by atoms with Gasteiger partial charge < -0.3 is 14.2 Å². The summed E-state index contributed by atoms with van der Waals surface area (Å²) in [4.78, 5) is 38.1. The maximum atomic E-state index is 12.8. The molecule has 6 nitrogen and oxygen atoms in total. The molecule has 0 bridgehead atoms. The van der Waals surface area contributed by atoms with Gasteiger partial charge in [-0.05, 0) is 141 Å². The molecule has 0 N–H and O–H groups in total. The van der Waals surface area contributed by atoms with E-state index in [0.717, 1.165) is 109 Å². The number of ether oxygens (including phenoxy) is 3. The number of hydrogen-bond acceptors (Lipinski definition) is 6. The lowest BCUT2D eigenvalue weighted by atomic mass is 10.1. The number of unbranched alkanes of at least 4 members (excludes halogenated alkanes) is 12. The average molecular weight is 951 g/mol. The molecule has 1 atom stereocenters. The highest BCUT2D eigenvalue weighted by Gasteiger charge is 2.19. The molecule has 0 unspecified atom stereocenters. The van der Waals surface area contributed by atoms with Gasteiger partial charge >= 0.3 is 17.9 Å². The summed E-state index contributed by atoms with van der Waals surface area (Å²) in [7, 11) is 0. The van der Waals surface area contributed by atoms with Crippen LogP contribution in [0.25, 0.3) is 0 Å². The number of carbonyl (C=O) groups excluding carboxylic acids is 3. The first-order chi connectivity index (χ1) is 34.0. The molecular weight excluding hydrogens is 853 g/mol. The first kappa shape index (κ1) is 64.3. The Hall–Kier alpha value is -4.71. The first-order valence-electron chi connectivity index (χ1n) is 27.3. The Kier molecular flexibility index (Phi) is 52.1. The highest BCUT2D eigenvalue weighted by atomic mass is 16.6. The minimum absolute atomic E-state index is 0.135. The van der Waals surface area contributed by atoms with Gasteiger partial charge in [0, 0.05) is 19.3 Å². The SMILES string of the molecule is CC/C=C\C/C=C\C/C=C\C/C=C\C/C=C\CCCCCC(=O)OC[C@@H](COC(=O)CCCC/C=C\C/C=C\C/C=C\CCCCC)OC(=O)CCC/C=C\C/C=C\C/C=C\C/C=C\CCCCC. The number of allylic oxidation sites excluding steroid dienone is 24. The van der Waals surface area contributed by atoms with Crippen molar-refractivity contribution >= 4 is 17.9 Å². The summed E-state index contributed by atoms with van der Waals surface area (Å²) in [6.07, 6.45) is 79.8. The van der Waals surface area contributed by atoms with E-state index in [-0.39, 0.29) is 38.0 Å². The fourth-order valence-electron chi connectivity index (χ4n) is 6.70. The van der Waals surface area contributed by atoms with Crippen LogP contribution in [0.15, 0.2) is 146 Å². The molecule has 0 saturated heterocycles.